The number of hydrogen-bond donors (Lipinski definition) is 1. The molecule has 2 rings (SSSR count). The Morgan fingerprint density at radius 1 is 0.944 bits per heavy atom. The molecule has 1 unspecified atom stereocenters. The number of rotatable bonds is 4. The molecule has 1 nitrogen and oxygen atoms in total. The summed E-state index contributed by atoms with van der Waals surface area (Å²) in [5.74, 6) is 0. The lowest BCUT2D eigenvalue weighted by atomic mass is 9.99. The van der Waals surface area contributed by atoms with Gasteiger partial charge in [0, 0.05) is 0 Å². The quantitative estimate of drug-likeness (QED) is 0.796. The Kier molecular flexibility index (Phi) is 4.11. The zero-order valence-corrected chi connectivity index (χ0v) is 10.2. The van der Waals surface area contributed by atoms with Crippen LogP contribution in [0.2, 0.25) is 0 Å². The van der Waals surface area contributed by atoms with E-state index in [4.69, 9.17) is 0 Å². The number of aliphatic hydroxyl groups is 1. The summed E-state index contributed by atoms with van der Waals surface area (Å²) in [5.41, 5.74) is 2.73. The molecule has 0 fully saturated rings. The van der Waals surface area contributed by atoms with Crippen molar-refractivity contribution in [3.63, 3.8) is 0 Å². The van der Waals surface area contributed by atoms with Crippen molar-refractivity contribution >= 4 is 6.08 Å². The molecule has 90 valence electrons. The molecule has 0 saturated heterocycles. The Labute approximate surface area is 108 Å². The Morgan fingerprint density at radius 2 is 1.50 bits per heavy atom. The summed E-state index contributed by atoms with van der Waals surface area (Å²) in [6.07, 6.45) is 3.01. The van der Waals surface area contributed by atoms with Gasteiger partial charge in [0.2, 0.25) is 0 Å². The van der Waals surface area contributed by atoms with E-state index in [9.17, 15) is 5.11 Å². The molecule has 0 aliphatic heterocycles. The third-order valence-electron chi connectivity index (χ3n) is 2.80. The average Bonchev–Trinajstić information content (AvgIpc) is 2.46. The second kappa shape index (κ2) is 5.99. The molecule has 1 N–H and O–H groups in total. The molecule has 18 heavy (non-hydrogen) atoms. The second-order valence-electron chi connectivity index (χ2n) is 4.07. The number of hydrogen-bond acceptors (Lipinski definition) is 1. The highest BCUT2D eigenvalue weighted by molar-refractivity contribution is 5.57. The fraction of sp³-hybridized carbons (Fsp3) is 0.0588. The van der Waals surface area contributed by atoms with Crippen molar-refractivity contribution in [3.05, 3.63) is 90.0 Å². The van der Waals surface area contributed by atoms with Crippen LogP contribution in [0.1, 0.15) is 17.2 Å². The summed E-state index contributed by atoms with van der Waals surface area (Å²) >= 11 is 0. The topological polar surface area (TPSA) is 20.2 Å². The van der Waals surface area contributed by atoms with Gasteiger partial charge in [0.25, 0.3) is 0 Å². The van der Waals surface area contributed by atoms with E-state index in [0.29, 0.717) is 0 Å². The van der Waals surface area contributed by atoms with Gasteiger partial charge in [-0.3, -0.25) is 0 Å². The van der Waals surface area contributed by atoms with Gasteiger partial charge in [-0.05, 0) is 22.8 Å². The third kappa shape index (κ3) is 2.96. The van der Waals surface area contributed by atoms with Gasteiger partial charge in [-0.1, -0.05) is 73.3 Å². The molecule has 0 radical (unpaired) electrons. The lowest BCUT2D eigenvalue weighted by molar-refractivity contribution is 0.221. The first kappa shape index (κ1) is 12.3. The van der Waals surface area contributed by atoms with Crippen LogP contribution in [0, 0.1) is 0 Å². The molecular formula is C17H16O. The van der Waals surface area contributed by atoms with Gasteiger partial charge in [0.15, 0.2) is 0 Å². The molecular weight excluding hydrogens is 220 g/mol. The highest BCUT2D eigenvalue weighted by Crippen LogP contribution is 2.24. The molecule has 0 bridgehead atoms. The van der Waals surface area contributed by atoms with Gasteiger partial charge in [-0.25, -0.2) is 0 Å². The van der Waals surface area contributed by atoms with Crippen LogP contribution in [0.25, 0.3) is 6.08 Å². The molecule has 0 heterocycles. The number of benzene rings is 2. The van der Waals surface area contributed by atoms with E-state index in [0.717, 1.165) is 16.7 Å². The van der Waals surface area contributed by atoms with Crippen LogP contribution in [-0.2, 0) is 0 Å². The lowest BCUT2D eigenvalue weighted by Crippen LogP contribution is -1.99. The predicted octanol–water partition coefficient (Wildman–Crippen LogP) is 3.99. The van der Waals surface area contributed by atoms with E-state index in [2.05, 4.69) is 6.58 Å². The van der Waals surface area contributed by atoms with Crippen LogP contribution in [0.3, 0.4) is 0 Å². The summed E-state index contributed by atoms with van der Waals surface area (Å²) in [6.45, 7) is 3.78. The van der Waals surface area contributed by atoms with E-state index >= 15 is 0 Å². The molecule has 2 aromatic rings. The van der Waals surface area contributed by atoms with Gasteiger partial charge < -0.3 is 5.11 Å². The number of aliphatic hydroxyl groups excluding tert-OH is 1. The highest BCUT2D eigenvalue weighted by atomic mass is 16.3. The normalized spacial score (nSPS) is 13.1. The molecule has 1 heteroatoms. The molecule has 2 aromatic carbocycles. The largest absolute Gasteiger partial charge is 0.384 e. The second-order valence-corrected chi connectivity index (χ2v) is 4.07. The first-order valence-corrected chi connectivity index (χ1v) is 5.93. The first-order chi connectivity index (χ1) is 8.81. The molecule has 0 amide bonds. The molecule has 0 aliphatic rings. The summed E-state index contributed by atoms with van der Waals surface area (Å²) in [7, 11) is 0. The van der Waals surface area contributed by atoms with Gasteiger partial charge in [0.05, 0.1) is 0 Å². The molecule has 0 aromatic heterocycles. The standard InChI is InChI=1S/C17H16O/c1-2-15(13-14-9-5-3-6-10-14)17(18)16-11-7-4-8-12-16/h2-13,17-18H,1H2/b15-13-. The average molecular weight is 236 g/mol. The third-order valence-corrected chi connectivity index (χ3v) is 2.80. The Balaban J connectivity index is 2.29. The summed E-state index contributed by atoms with van der Waals surface area (Å²) in [5, 5.41) is 10.3. The van der Waals surface area contributed by atoms with Gasteiger partial charge in [-0.15, -0.1) is 0 Å². The summed E-state index contributed by atoms with van der Waals surface area (Å²) < 4.78 is 0. The van der Waals surface area contributed by atoms with Gasteiger partial charge in [-0.2, -0.15) is 0 Å². The molecule has 1 atom stereocenters. The minimum Gasteiger partial charge on any atom is -0.384 e. The maximum Gasteiger partial charge on any atom is 0.104 e. The van der Waals surface area contributed by atoms with Gasteiger partial charge >= 0.3 is 0 Å². The zero-order chi connectivity index (χ0) is 12.8. The van der Waals surface area contributed by atoms with Crippen molar-refractivity contribution in [2.24, 2.45) is 0 Å². The highest BCUT2D eigenvalue weighted by Gasteiger charge is 2.09. The van der Waals surface area contributed by atoms with Crippen LogP contribution < -0.4 is 0 Å². The van der Waals surface area contributed by atoms with Crippen LogP contribution in [0.4, 0.5) is 0 Å². The van der Waals surface area contributed by atoms with E-state index in [1.54, 1.807) is 6.08 Å². The monoisotopic (exact) mass is 236 g/mol. The van der Waals surface area contributed by atoms with Crippen LogP contribution in [-0.4, -0.2) is 5.11 Å². The van der Waals surface area contributed by atoms with Crippen molar-refractivity contribution in [1.82, 2.24) is 0 Å². The smallest absolute Gasteiger partial charge is 0.104 e. The SMILES string of the molecule is C=C/C(=C/c1ccccc1)C(O)c1ccccc1. The summed E-state index contributed by atoms with van der Waals surface area (Å²) in [6, 6.07) is 19.5. The molecule has 0 aliphatic carbocycles. The minimum absolute atomic E-state index is 0.635. The van der Waals surface area contributed by atoms with Crippen molar-refractivity contribution in [2.75, 3.05) is 0 Å². The van der Waals surface area contributed by atoms with E-state index in [1.807, 2.05) is 66.7 Å². The van der Waals surface area contributed by atoms with Crippen molar-refractivity contribution in [3.8, 4) is 0 Å². The molecule has 0 saturated carbocycles. The van der Waals surface area contributed by atoms with E-state index in [1.165, 1.54) is 0 Å². The lowest BCUT2D eigenvalue weighted by Gasteiger charge is -2.12. The fourth-order valence-electron chi connectivity index (χ4n) is 1.82. The van der Waals surface area contributed by atoms with Crippen molar-refractivity contribution < 1.29 is 5.11 Å². The Morgan fingerprint density at radius 3 is 2.06 bits per heavy atom. The Bertz CT molecular complexity index is 526. The van der Waals surface area contributed by atoms with Crippen LogP contribution in [0.15, 0.2) is 78.9 Å². The maximum absolute atomic E-state index is 10.3. The predicted molar refractivity (Wildman–Crippen MR) is 76.0 cm³/mol. The van der Waals surface area contributed by atoms with Crippen LogP contribution in [0.5, 0.6) is 0 Å². The fourth-order valence-corrected chi connectivity index (χ4v) is 1.82. The summed E-state index contributed by atoms with van der Waals surface area (Å²) in [4.78, 5) is 0. The van der Waals surface area contributed by atoms with E-state index in [-0.39, 0.29) is 0 Å². The Hall–Kier alpha value is -2.12. The van der Waals surface area contributed by atoms with Crippen molar-refractivity contribution in [1.29, 1.82) is 0 Å². The molecule has 0 spiro atoms. The van der Waals surface area contributed by atoms with E-state index < -0.39 is 6.10 Å². The zero-order valence-electron chi connectivity index (χ0n) is 10.2. The minimum atomic E-state index is -0.635. The van der Waals surface area contributed by atoms with Crippen LogP contribution >= 0.6 is 0 Å². The maximum atomic E-state index is 10.3. The first-order valence-electron chi connectivity index (χ1n) is 5.93. The van der Waals surface area contributed by atoms with Crippen molar-refractivity contribution in [2.45, 2.75) is 6.10 Å². The van der Waals surface area contributed by atoms with Gasteiger partial charge in [0.1, 0.15) is 6.10 Å².